The molecule has 24 heavy (non-hydrogen) atoms. The monoisotopic (exact) mass is 328 g/mol. The van der Waals surface area contributed by atoms with Gasteiger partial charge in [-0.2, -0.15) is 0 Å². The molecule has 2 aromatic rings. The van der Waals surface area contributed by atoms with E-state index in [1.165, 1.54) is 25.0 Å². The second kappa shape index (κ2) is 5.65. The third-order valence-electron chi connectivity index (χ3n) is 4.96. The Hall–Kier alpha value is -2.30. The summed E-state index contributed by atoms with van der Waals surface area (Å²) in [5.74, 6) is 0.235. The van der Waals surface area contributed by atoms with E-state index in [1.807, 2.05) is 19.9 Å². The maximum Gasteiger partial charge on any atom is 0.253 e. The molecule has 1 aliphatic carbocycles. The van der Waals surface area contributed by atoms with E-state index in [9.17, 15) is 9.18 Å². The number of halogens is 1. The average molecular weight is 328 g/mol. The Labute approximate surface area is 140 Å². The summed E-state index contributed by atoms with van der Waals surface area (Å²) < 4.78 is 21.4. The van der Waals surface area contributed by atoms with Crippen LogP contribution in [0.25, 0.3) is 0 Å². The molecular weight excluding hydrogens is 307 g/mol. The fourth-order valence-corrected chi connectivity index (χ4v) is 3.65. The zero-order chi connectivity index (χ0) is 16.8. The first-order chi connectivity index (χ1) is 11.5. The first kappa shape index (κ1) is 15.2. The predicted molar refractivity (Wildman–Crippen MR) is 88.9 cm³/mol. The van der Waals surface area contributed by atoms with Gasteiger partial charge in [-0.3, -0.25) is 4.79 Å². The molecule has 4 rings (SSSR count). The van der Waals surface area contributed by atoms with E-state index < -0.39 is 0 Å². The molecule has 1 fully saturated rings. The van der Waals surface area contributed by atoms with E-state index in [-0.39, 0.29) is 17.8 Å². The standard InChI is InChI=1S/C19H21FN2O2/c1-11-9-15(12(2)22(11)14-4-5-14)19(23)21-17-7-8-24-18-6-3-13(20)10-16(17)18/h3,6,9-10,14,17H,4-5,7-8H2,1-2H3,(H,21,23)/t17-/m0/s1. The maximum atomic E-state index is 13.6. The van der Waals surface area contributed by atoms with E-state index in [4.69, 9.17) is 4.74 Å². The van der Waals surface area contributed by atoms with Gasteiger partial charge in [0.2, 0.25) is 0 Å². The summed E-state index contributed by atoms with van der Waals surface area (Å²) in [4.78, 5) is 12.8. The highest BCUT2D eigenvalue weighted by atomic mass is 19.1. The van der Waals surface area contributed by atoms with Crippen molar-refractivity contribution in [1.29, 1.82) is 0 Å². The highest BCUT2D eigenvalue weighted by Gasteiger charge is 2.30. The van der Waals surface area contributed by atoms with Crippen LogP contribution >= 0.6 is 0 Å². The van der Waals surface area contributed by atoms with Gasteiger partial charge in [-0.25, -0.2) is 4.39 Å². The molecule has 1 aromatic heterocycles. The molecule has 1 aliphatic heterocycles. The summed E-state index contributed by atoms with van der Waals surface area (Å²) in [6.45, 7) is 4.56. The molecule has 1 aromatic carbocycles. The molecule has 0 spiro atoms. The molecule has 0 unspecified atom stereocenters. The average Bonchev–Trinajstić information content (AvgIpc) is 3.33. The number of hydrogen-bond donors (Lipinski definition) is 1. The largest absolute Gasteiger partial charge is 0.493 e. The molecule has 0 bridgehead atoms. The lowest BCUT2D eigenvalue weighted by Crippen LogP contribution is -2.32. The van der Waals surface area contributed by atoms with Crippen LogP contribution in [0.4, 0.5) is 4.39 Å². The van der Waals surface area contributed by atoms with Crippen molar-refractivity contribution in [2.45, 2.75) is 45.2 Å². The van der Waals surface area contributed by atoms with Gasteiger partial charge in [-0.1, -0.05) is 0 Å². The summed E-state index contributed by atoms with van der Waals surface area (Å²) >= 11 is 0. The Kier molecular flexibility index (Phi) is 3.59. The van der Waals surface area contributed by atoms with Gasteiger partial charge in [0.15, 0.2) is 0 Å². The van der Waals surface area contributed by atoms with Crippen molar-refractivity contribution in [3.63, 3.8) is 0 Å². The summed E-state index contributed by atoms with van der Waals surface area (Å²) in [6, 6.07) is 6.74. The lowest BCUT2D eigenvalue weighted by Gasteiger charge is -2.26. The van der Waals surface area contributed by atoms with Gasteiger partial charge in [-0.05, 0) is 51.0 Å². The zero-order valence-electron chi connectivity index (χ0n) is 13.9. The topological polar surface area (TPSA) is 43.3 Å². The Morgan fingerprint density at radius 2 is 2.04 bits per heavy atom. The number of benzene rings is 1. The molecule has 126 valence electrons. The maximum absolute atomic E-state index is 13.6. The molecule has 4 nitrogen and oxygen atoms in total. The molecule has 1 amide bonds. The molecule has 1 atom stereocenters. The highest BCUT2D eigenvalue weighted by Crippen LogP contribution is 2.38. The second-order valence-corrected chi connectivity index (χ2v) is 6.73. The number of ether oxygens (including phenoxy) is 1. The number of carbonyl (C=O) groups excluding carboxylic acids is 1. The number of rotatable bonds is 3. The molecule has 2 heterocycles. The molecule has 1 saturated carbocycles. The molecule has 5 heteroatoms. The lowest BCUT2D eigenvalue weighted by molar-refractivity contribution is 0.0924. The first-order valence-corrected chi connectivity index (χ1v) is 8.46. The second-order valence-electron chi connectivity index (χ2n) is 6.73. The molecule has 1 N–H and O–H groups in total. The van der Waals surface area contributed by atoms with Crippen molar-refractivity contribution in [2.24, 2.45) is 0 Å². The fraction of sp³-hybridized carbons (Fsp3) is 0.421. The van der Waals surface area contributed by atoms with Crippen LogP contribution in [-0.2, 0) is 0 Å². The van der Waals surface area contributed by atoms with Crippen molar-refractivity contribution in [2.75, 3.05) is 6.61 Å². The summed E-state index contributed by atoms with van der Waals surface area (Å²) in [5, 5.41) is 3.06. The van der Waals surface area contributed by atoms with E-state index in [2.05, 4.69) is 9.88 Å². The van der Waals surface area contributed by atoms with Crippen LogP contribution in [0.2, 0.25) is 0 Å². The van der Waals surface area contributed by atoms with Gasteiger partial charge in [0.05, 0.1) is 18.2 Å². The van der Waals surface area contributed by atoms with Crippen molar-refractivity contribution in [3.05, 3.63) is 52.6 Å². The lowest BCUT2D eigenvalue weighted by atomic mass is 10.00. The van der Waals surface area contributed by atoms with E-state index in [0.717, 1.165) is 11.4 Å². The van der Waals surface area contributed by atoms with Gasteiger partial charge >= 0.3 is 0 Å². The number of nitrogens with zero attached hydrogens (tertiary/aromatic N) is 1. The molecule has 2 aliphatic rings. The Morgan fingerprint density at radius 3 is 2.79 bits per heavy atom. The molecule has 0 radical (unpaired) electrons. The fourth-order valence-electron chi connectivity index (χ4n) is 3.65. The van der Waals surface area contributed by atoms with Crippen LogP contribution in [0, 0.1) is 19.7 Å². The molecular formula is C19H21FN2O2. The van der Waals surface area contributed by atoms with Crippen molar-refractivity contribution in [1.82, 2.24) is 9.88 Å². The van der Waals surface area contributed by atoms with Crippen LogP contribution in [0.3, 0.4) is 0 Å². The highest BCUT2D eigenvalue weighted by molar-refractivity contribution is 5.96. The normalized spacial score (nSPS) is 19.5. The number of aromatic nitrogens is 1. The van der Waals surface area contributed by atoms with Crippen LogP contribution in [-0.4, -0.2) is 17.1 Å². The van der Waals surface area contributed by atoms with E-state index >= 15 is 0 Å². The first-order valence-electron chi connectivity index (χ1n) is 8.46. The van der Waals surface area contributed by atoms with Gasteiger partial charge in [0, 0.05) is 29.4 Å². The Morgan fingerprint density at radius 1 is 1.25 bits per heavy atom. The Balaban J connectivity index is 1.60. The number of carbonyl (C=O) groups is 1. The van der Waals surface area contributed by atoms with Crippen LogP contribution in [0.5, 0.6) is 5.75 Å². The third kappa shape index (κ3) is 2.58. The van der Waals surface area contributed by atoms with Gasteiger partial charge < -0.3 is 14.6 Å². The number of amides is 1. The van der Waals surface area contributed by atoms with E-state index in [1.54, 1.807) is 6.07 Å². The minimum absolute atomic E-state index is 0.0999. The summed E-state index contributed by atoms with van der Waals surface area (Å²) in [7, 11) is 0. The molecule has 0 saturated heterocycles. The van der Waals surface area contributed by atoms with Crippen LogP contribution in [0.15, 0.2) is 24.3 Å². The summed E-state index contributed by atoms with van der Waals surface area (Å²) in [5.41, 5.74) is 3.56. The van der Waals surface area contributed by atoms with Gasteiger partial charge in [-0.15, -0.1) is 0 Å². The third-order valence-corrected chi connectivity index (χ3v) is 4.96. The van der Waals surface area contributed by atoms with Gasteiger partial charge in [0.1, 0.15) is 11.6 Å². The Bertz CT molecular complexity index is 808. The van der Waals surface area contributed by atoms with E-state index in [0.29, 0.717) is 35.9 Å². The zero-order valence-corrected chi connectivity index (χ0v) is 13.9. The number of fused-ring (bicyclic) bond motifs is 1. The van der Waals surface area contributed by atoms with Crippen molar-refractivity contribution >= 4 is 5.91 Å². The van der Waals surface area contributed by atoms with Gasteiger partial charge in [0.25, 0.3) is 5.91 Å². The van der Waals surface area contributed by atoms with Crippen molar-refractivity contribution in [3.8, 4) is 5.75 Å². The summed E-state index contributed by atoms with van der Waals surface area (Å²) in [6.07, 6.45) is 3.01. The minimum atomic E-state index is -0.314. The quantitative estimate of drug-likeness (QED) is 0.930. The number of aryl methyl sites for hydroxylation is 1. The minimum Gasteiger partial charge on any atom is -0.493 e. The SMILES string of the molecule is Cc1cc(C(=O)N[C@H]2CCOc3ccc(F)cc32)c(C)n1C1CC1. The smallest absolute Gasteiger partial charge is 0.253 e. The number of nitrogens with one attached hydrogen (secondary N) is 1. The number of hydrogen-bond acceptors (Lipinski definition) is 2. The van der Waals surface area contributed by atoms with Crippen LogP contribution in [0.1, 0.15) is 58.7 Å². The van der Waals surface area contributed by atoms with Crippen LogP contribution < -0.4 is 10.1 Å². The predicted octanol–water partition coefficient (Wildman–Crippen LogP) is 3.83. The van der Waals surface area contributed by atoms with Crippen molar-refractivity contribution < 1.29 is 13.9 Å².